The Kier molecular flexibility index (Phi) is 6.89. The third-order valence-electron chi connectivity index (χ3n) is 10.3. The van der Waals surface area contributed by atoms with Crippen molar-refractivity contribution >= 4 is 43.5 Å². The molecule has 0 unspecified atom stereocenters. The molecule has 0 fully saturated rings. The summed E-state index contributed by atoms with van der Waals surface area (Å²) in [6.45, 7) is 0. The summed E-state index contributed by atoms with van der Waals surface area (Å²) in [5.74, 6) is 0. The zero-order chi connectivity index (χ0) is 33.7. The minimum Gasteiger partial charge on any atom is -0.456 e. The number of hydrogen-bond donors (Lipinski definition) is 0. The summed E-state index contributed by atoms with van der Waals surface area (Å²) >= 11 is 0. The predicted molar refractivity (Wildman–Crippen MR) is 216 cm³/mol. The maximum Gasteiger partial charge on any atom is 0.135 e. The maximum absolute atomic E-state index is 6.13. The topological polar surface area (TPSA) is 13.1 Å². The first-order chi connectivity index (χ1) is 25.3. The maximum atomic E-state index is 6.13. The molecule has 0 saturated heterocycles. The molecule has 0 aliphatic carbocycles. The van der Waals surface area contributed by atoms with Gasteiger partial charge in [-0.15, -0.1) is 0 Å². The van der Waals surface area contributed by atoms with Crippen LogP contribution in [0.25, 0.3) is 99.1 Å². The van der Waals surface area contributed by atoms with Crippen molar-refractivity contribution < 1.29 is 4.42 Å². The van der Waals surface area contributed by atoms with E-state index in [1.807, 2.05) is 12.1 Å². The average Bonchev–Trinajstić information content (AvgIpc) is 3.58. The Morgan fingerprint density at radius 2 is 0.647 bits per heavy atom. The van der Waals surface area contributed by atoms with E-state index in [1.165, 1.54) is 77.2 Å². The highest BCUT2D eigenvalue weighted by Gasteiger charge is 2.18. The number of hydrogen-bond acceptors (Lipinski definition) is 1. The van der Waals surface area contributed by atoms with E-state index in [0.717, 1.165) is 21.9 Å². The molecule has 51 heavy (non-hydrogen) atoms. The molecular formula is C50H32O. The van der Waals surface area contributed by atoms with Crippen molar-refractivity contribution in [2.45, 2.75) is 0 Å². The molecule has 1 nitrogen and oxygen atoms in total. The van der Waals surface area contributed by atoms with E-state index >= 15 is 0 Å². The number of furan rings is 1. The number of rotatable bonds is 5. The van der Waals surface area contributed by atoms with Crippen LogP contribution in [0.4, 0.5) is 0 Å². The second-order valence-corrected chi connectivity index (χ2v) is 13.3. The average molecular weight is 649 g/mol. The van der Waals surface area contributed by atoms with Gasteiger partial charge in [-0.05, 0) is 114 Å². The lowest BCUT2D eigenvalue weighted by atomic mass is 9.84. The summed E-state index contributed by atoms with van der Waals surface area (Å²) in [6.07, 6.45) is 0. The normalized spacial score (nSPS) is 11.5. The Labute approximate surface area is 296 Å². The Bertz CT molecular complexity index is 2900. The fraction of sp³-hybridized carbons (Fsp3) is 0. The number of fused-ring (bicyclic) bond motifs is 5. The van der Waals surface area contributed by atoms with Crippen molar-refractivity contribution in [2.75, 3.05) is 0 Å². The van der Waals surface area contributed by atoms with Crippen LogP contribution in [-0.4, -0.2) is 0 Å². The van der Waals surface area contributed by atoms with Gasteiger partial charge in [-0.1, -0.05) is 158 Å². The van der Waals surface area contributed by atoms with Gasteiger partial charge < -0.3 is 4.42 Å². The summed E-state index contributed by atoms with van der Waals surface area (Å²) in [4.78, 5) is 0. The Morgan fingerprint density at radius 3 is 1.35 bits per heavy atom. The molecule has 10 aromatic rings. The van der Waals surface area contributed by atoms with E-state index < -0.39 is 0 Å². The first-order valence-corrected chi connectivity index (χ1v) is 17.5. The lowest BCUT2D eigenvalue weighted by Gasteiger charge is -2.19. The van der Waals surface area contributed by atoms with Gasteiger partial charge in [-0.25, -0.2) is 0 Å². The fourth-order valence-corrected chi connectivity index (χ4v) is 7.85. The lowest BCUT2D eigenvalue weighted by molar-refractivity contribution is 0.669. The minimum absolute atomic E-state index is 0.913. The molecule has 0 N–H and O–H groups in total. The molecule has 10 rings (SSSR count). The molecule has 1 heterocycles. The Hall–Kier alpha value is -6.70. The van der Waals surface area contributed by atoms with Crippen molar-refractivity contribution in [3.05, 3.63) is 194 Å². The van der Waals surface area contributed by atoms with Crippen LogP contribution in [0.5, 0.6) is 0 Å². The van der Waals surface area contributed by atoms with Crippen LogP contribution in [0.2, 0.25) is 0 Å². The van der Waals surface area contributed by atoms with Crippen molar-refractivity contribution in [1.82, 2.24) is 0 Å². The smallest absolute Gasteiger partial charge is 0.135 e. The van der Waals surface area contributed by atoms with Gasteiger partial charge in [-0.3, -0.25) is 0 Å². The fourth-order valence-electron chi connectivity index (χ4n) is 7.85. The van der Waals surface area contributed by atoms with Crippen molar-refractivity contribution in [2.24, 2.45) is 0 Å². The monoisotopic (exact) mass is 648 g/mol. The SMILES string of the molecule is c1ccc(-c2cccc(-c3c4ccccc4c(-c4ccccc4)c4ccc(-c5cccc(-c6ccc7oc8ccccc8c7c6)c5)cc34)c2)cc1. The van der Waals surface area contributed by atoms with E-state index in [-0.39, 0.29) is 0 Å². The second-order valence-electron chi connectivity index (χ2n) is 13.3. The zero-order valence-corrected chi connectivity index (χ0v) is 27.9. The van der Waals surface area contributed by atoms with Crippen molar-refractivity contribution in [3.8, 4) is 55.6 Å². The molecule has 0 bridgehead atoms. The molecule has 0 aliphatic heterocycles. The van der Waals surface area contributed by atoms with Gasteiger partial charge in [-0.2, -0.15) is 0 Å². The van der Waals surface area contributed by atoms with Gasteiger partial charge in [0.2, 0.25) is 0 Å². The second kappa shape index (κ2) is 12.0. The van der Waals surface area contributed by atoms with E-state index in [0.29, 0.717) is 0 Å². The largest absolute Gasteiger partial charge is 0.456 e. The van der Waals surface area contributed by atoms with Gasteiger partial charge >= 0.3 is 0 Å². The molecule has 0 atom stereocenters. The molecule has 0 saturated carbocycles. The first kappa shape index (κ1) is 29.2. The van der Waals surface area contributed by atoms with Crippen LogP contribution in [0.15, 0.2) is 199 Å². The van der Waals surface area contributed by atoms with E-state index in [2.05, 4.69) is 182 Å². The molecular weight excluding hydrogens is 617 g/mol. The molecule has 0 radical (unpaired) electrons. The summed E-state index contributed by atoms with van der Waals surface area (Å²) in [5.41, 5.74) is 13.9. The highest BCUT2D eigenvalue weighted by atomic mass is 16.3. The van der Waals surface area contributed by atoms with Gasteiger partial charge in [0, 0.05) is 10.8 Å². The van der Waals surface area contributed by atoms with Crippen LogP contribution >= 0.6 is 0 Å². The van der Waals surface area contributed by atoms with E-state index in [4.69, 9.17) is 4.42 Å². The van der Waals surface area contributed by atoms with Crippen molar-refractivity contribution in [1.29, 1.82) is 0 Å². The van der Waals surface area contributed by atoms with Crippen molar-refractivity contribution in [3.63, 3.8) is 0 Å². The number of benzene rings is 9. The predicted octanol–water partition coefficient (Wildman–Crippen LogP) is 14.2. The summed E-state index contributed by atoms with van der Waals surface area (Å²) in [7, 11) is 0. The lowest BCUT2D eigenvalue weighted by Crippen LogP contribution is -1.92. The number of para-hydroxylation sites is 1. The van der Waals surface area contributed by atoms with Gasteiger partial charge in [0.15, 0.2) is 0 Å². The van der Waals surface area contributed by atoms with Crippen LogP contribution in [-0.2, 0) is 0 Å². The molecule has 9 aromatic carbocycles. The molecule has 0 aliphatic rings. The minimum atomic E-state index is 0.913. The van der Waals surface area contributed by atoms with Crippen LogP contribution in [0.1, 0.15) is 0 Å². The highest BCUT2D eigenvalue weighted by Crippen LogP contribution is 2.45. The molecule has 1 aromatic heterocycles. The summed E-state index contributed by atoms with van der Waals surface area (Å²) < 4.78 is 6.13. The Morgan fingerprint density at radius 1 is 0.216 bits per heavy atom. The third kappa shape index (κ3) is 5.02. The molecule has 238 valence electrons. The quantitative estimate of drug-likeness (QED) is 0.169. The summed E-state index contributed by atoms with van der Waals surface area (Å²) in [6, 6.07) is 70.1. The van der Waals surface area contributed by atoms with Crippen LogP contribution < -0.4 is 0 Å². The molecule has 0 amide bonds. The molecule has 1 heteroatoms. The Balaban J connectivity index is 1.20. The van der Waals surface area contributed by atoms with E-state index in [1.54, 1.807) is 0 Å². The standard InChI is InChI=1S/C50H32O/c1-3-13-33(14-4-1)35-17-12-20-40(30-35)50-43-23-8-7-22-42(43)49(34-15-5-2-6-16-34)44-27-25-38(32-46(44)50)36-18-11-19-37(29-36)39-26-28-48-45(31-39)41-21-9-10-24-47(41)51-48/h1-32H. The third-order valence-corrected chi connectivity index (χ3v) is 10.3. The molecule has 0 spiro atoms. The first-order valence-electron chi connectivity index (χ1n) is 17.5. The highest BCUT2D eigenvalue weighted by molar-refractivity contribution is 6.22. The van der Waals surface area contributed by atoms with Crippen LogP contribution in [0.3, 0.4) is 0 Å². The zero-order valence-electron chi connectivity index (χ0n) is 27.9. The van der Waals surface area contributed by atoms with E-state index in [9.17, 15) is 0 Å². The van der Waals surface area contributed by atoms with Gasteiger partial charge in [0.05, 0.1) is 0 Å². The van der Waals surface area contributed by atoms with Gasteiger partial charge in [0.1, 0.15) is 11.2 Å². The van der Waals surface area contributed by atoms with Gasteiger partial charge in [0.25, 0.3) is 0 Å². The summed E-state index contributed by atoms with van der Waals surface area (Å²) in [5, 5.41) is 7.28. The van der Waals surface area contributed by atoms with Crippen LogP contribution in [0, 0.1) is 0 Å².